The molecule has 1 aliphatic heterocycles. The third-order valence-electron chi connectivity index (χ3n) is 6.09. The fraction of sp³-hybridized carbons (Fsp3) is 0.423. The summed E-state index contributed by atoms with van der Waals surface area (Å²) in [5, 5.41) is 11.3. The predicted molar refractivity (Wildman–Crippen MR) is 129 cm³/mol. The summed E-state index contributed by atoms with van der Waals surface area (Å²) in [6.07, 6.45) is -0.425. The van der Waals surface area contributed by atoms with Crippen molar-refractivity contribution in [2.24, 2.45) is 5.92 Å². The van der Waals surface area contributed by atoms with Crippen molar-refractivity contribution in [3.05, 3.63) is 53.6 Å². The van der Waals surface area contributed by atoms with Crippen LogP contribution in [-0.4, -0.2) is 58.2 Å². The Morgan fingerprint density at radius 1 is 1.03 bits per heavy atom. The first kappa shape index (κ1) is 22.2. The monoisotopic (exact) mass is 432 g/mol. The van der Waals surface area contributed by atoms with Crippen LogP contribution >= 0.6 is 0 Å². The number of hydrogen-bond donors (Lipinski definition) is 1. The van der Waals surface area contributed by atoms with E-state index in [2.05, 4.69) is 49.1 Å². The number of piperazine rings is 1. The lowest BCUT2D eigenvalue weighted by molar-refractivity contribution is -0.141. The summed E-state index contributed by atoms with van der Waals surface area (Å²) in [6.45, 7) is 10.7. The molecule has 6 nitrogen and oxygen atoms in total. The van der Waals surface area contributed by atoms with Gasteiger partial charge in [0.2, 0.25) is 0 Å². The van der Waals surface area contributed by atoms with Crippen LogP contribution in [0.15, 0.2) is 42.5 Å². The minimum atomic E-state index is -0.919. The second-order valence-electron chi connectivity index (χ2n) is 9.16. The zero-order valence-electron chi connectivity index (χ0n) is 19.4. The first-order valence-corrected chi connectivity index (χ1v) is 11.4. The van der Waals surface area contributed by atoms with Gasteiger partial charge in [-0.3, -0.25) is 4.79 Å². The molecule has 1 N–H and O–H groups in total. The number of aromatic nitrogens is 2. The van der Waals surface area contributed by atoms with Gasteiger partial charge in [-0.2, -0.15) is 0 Å². The van der Waals surface area contributed by atoms with Gasteiger partial charge in [-0.1, -0.05) is 44.2 Å². The Morgan fingerprint density at radius 2 is 1.75 bits per heavy atom. The maximum atomic E-state index is 12.6. The summed E-state index contributed by atoms with van der Waals surface area (Å²) >= 11 is 0. The van der Waals surface area contributed by atoms with Gasteiger partial charge in [0.25, 0.3) is 5.91 Å². The number of benzene rings is 2. The maximum absolute atomic E-state index is 12.6. The molecule has 1 fully saturated rings. The summed E-state index contributed by atoms with van der Waals surface area (Å²) in [4.78, 5) is 26.5. The minimum absolute atomic E-state index is 0.165. The first-order chi connectivity index (χ1) is 15.3. The van der Waals surface area contributed by atoms with Crippen molar-refractivity contribution >= 4 is 22.6 Å². The van der Waals surface area contributed by atoms with E-state index in [1.165, 1.54) is 0 Å². The molecule has 0 aliphatic carbocycles. The van der Waals surface area contributed by atoms with E-state index in [1.54, 1.807) is 4.90 Å². The molecule has 0 radical (unpaired) electrons. The fourth-order valence-electron chi connectivity index (χ4n) is 4.30. The van der Waals surface area contributed by atoms with E-state index < -0.39 is 6.10 Å². The van der Waals surface area contributed by atoms with Crippen LogP contribution in [0.25, 0.3) is 22.3 Å². The van der Waals surface area contributed by atoms with Crippen LogP contribution < -0.4 is 4.90 Å². The third kappa shape index (κ3) is 4.60. The van der Waals surface area contributed by atoms with Crippen LogP contribution in [0.4, 0.5) is 5.82 Å². The Morgan fingerprint density at radius 3 is 2.44 bits per heavy atom. The lowest BCUT2D eigenvalue weighted by atomic mass is 10.0. The molecule has 168 valence electrons. The summed E-state index contributed by atoms with van der Waals surface area (Å²) in [6, 6.07) is 14.4. The number of nitrogens with zero attached hydrogens (tertiary/aromatic N) is 4. The number of aliphatic hydroxyl groups excluding tert-OH is 1. The Bertz CT molecular complexity index is 1120. The molecule has 1 unspecified atom stereocenters. The average molecular weight is 433 g/mol. The quantitative estimate of drug-likeness (QED) is 0.661. The molecule has 0 saturated carbocycles. The molecule has 2 heterocycles. The van der Waals surface area contributed by atoms with E-state index in [-0.39, 0.29) is 11.8 Å². The van der Waals surface area contributed by atoms with Crippen molar-refractivity contribution in [1.29, 1.82) is 0 Å². The van der Waals surface area contributed by atoms with Crippen LogP contribution in [0.1, 0.15) is 31.4 Å². The molecule has 6 heteroatoms. The summed E-state index contributed by atoms with van der Waals surface area (Å²) in [5.74, 6) is 1.75. The normalized spacial score (nSPS) is 15.4. The van der Waals surface area contributed by atoms with E-state index in [9.17, 15) is 9.90 Å². The molecule has 1 amide bonds. The number of carbonyl (C=O) groups is 1. The van der Waals surface area contributed by atoms with E-state index in [1.807, 2.05) is 26.0 Å². The van der Waals surface area contributed by atoms with Crippen LogP contribution in [0, 0.1) is 19.8 Å². The standard InChI is InChI=1S/C26H32N4O2/c1-17(2)15-23(31)26(32)30-13-11-29(12-14-30)25-21-10-9-18(3)16-22(21)27-24(28-25)20-8-6-5-7-19(20)4/h5-10,16-17,23,31H,11-15H2,1-4H3. The number of rotatable bonds is 5. The van der Waals surface area contributed by atoms with Crippen molar-refractivity contribution < 1.29 is 9.90 Å². The first-order valence-electron chi connectivity index (χ1n) is 11.4. The number of anilines is 1. The Labute approximate surface area is 189 Å². The molecule has 0 spiro atoms. The lowest BCUT2D eigenvalue weighted by Crippen LogP contribution is -2.52. The topological polar surface area (TPSA) is 69.6 Å². The minimum Gasteiger partial charge on any atom is -0.383 e. The number of aliphatic hydroxyl groups is 1. The van der Waals surface area contributed by atoms with Crippen LogP contribution in [-0.2, 0) is 4.79 Å². The molecule has 0 bridgehead atoms. The van der Waals surface area contributed by atoms with Gasteiger partial charge < -0.3 is 14.9 Å². The van der Waals surface area contributed by atoms with Gasteiger partial charge in [0.05, 0.1) is 5.52 Å². The van der Waals surface area contributed by atoms with Gasteiger partial charge in [-0.05, 0) is 49.4 Å². The second kappa shape index (κ2) is 9.25. The van der Waals surface area contributed by atoms with Gasteiger partial charge in [0.1, 0.15) is 11.9 Å². The highest BCUT2D eigenvalue weighted by molar-refractivity contribution is 5.92. The smallest absolute Gasteiger partial charge is 0.251 e. The van der Waals surface area contributed by atoms with E-state index in [4.69, 9.17) is 9.97 Å². The van der Waals surface area contributed by atoms with Crippen molar-refractivity contribution in [2.75, 3.05) is 31.1 Å². The average Bonchev–Trinajstić information content (AvgIpc) is 2.77. The highest BCUT2D eigenvalue weighted by Gasteiger charge is 2.28. The molecule has 1 saturated heterocycles. The van der Waals surface area contributed by atoms with Gasteiger partial charge >= 0.3 is 0 Å². The van der Waals surface area contributed by atoms with E-state index in [0.29, 0.717) is 32.6 Å². The van der Waals surface area contributed by atoms with Gasteiger partial charge in [0, 0.05) is 37.1 Å². The molecule has 32 heavy (non-hydrogen) atoms. The summed E-state index contributed by atoms with van der Waals surface area (Å²) in [5.41, 5.74) is 4.26. The van der Waals surface area contributed by atoms with E-state index >= 15 is 0 Å². The number of fused-ring (bicyclic) bond motifs is 1. The van der Waals surface area contributed by atoms with Crippen LogP contribution in [0.5, 0.6) is 0 Å². The number of amides is 1. The van der Waals surface area contributed by atoms with Gasteiger partial charge in [-0.25, -0.2) is 9.97 Å². The molecule has 2 aromatic carbocycles. The molecule has 1 atom stereocenters. The van der Waals surface area contributed by atoms with Crippen molar-refractivity contribution in [1.82, 2.24) is 14.9 Å². The maximum Gasteiger partial charge on any atom is 0.251 e. The number of carbonyl (C=O) groups excluding carboxylic acids is 1. The molecular weight excluding hydrogens is 400 g/mol. The lowest BCUT2D eigenvalue weighted by Gasteiger charge is -2.37. The Balaban J connectivity index is 1.63. The van der Waals surface area contributed by atoms with Crippen molar-refractivity contribution in [2.45, 2.75) is 40.2 Å². The van der Waals surface area contributed by atoms with Gasteiger partial charge in [-0.15, -0.1) is 0 Å². The Hall–Kier alpha value is -2.99. The summed E-state index contributed by atoms with van der Waals surface area (Å²) < 4.78 is 0. The molecule has 1 aromatic heterocycles. The van der Waals surface area contributed by atoms with Crippen LogP contribution in [0.3, 0.4) is 0 Å². The summed E-state index contributed by atoms with van der Waals surface area (Å²) in [7, 11) is 0. The fourth-order valence-corrected chi connectivity index (χ4v) is 4.30. The second-order valence-corrected chi connectivity index (χ2v) is 9.16. The van der Waals surface area contributed by atoms with Crippen LogP contribution in [0.2, 0.25) is 0 Å². The number of aryl methyl sites for hydroxylation is 2. The van der Waals surface area contributed by atoms with Crippen molar-refractivity contribution in [3.8, 4) is 11.4 Å². The van der Waals surface area contributed by atoms with Gasteiger partial charge in [0.15, 0.2) is 5.82 Å². The Kier molecular flexibility index (Phi) is 6.42. The highest BCUT2D eigenvalue weighted by Crippen LogP contribution is 2.30. The molecule has 4 rings (SSSR count). The molecule has 3 aromatic rings. The molecular formula is C26H32N4O2. The van der Waals surface area contributed by atoms with Crippen molar-refractivity contribution in [3.63, 3.8) is 0 Å². The third-order valence-corrected chi connectivity index (χ3v) is 6.09. The SMILES string of the molecule is Cc1ccc2c(N3CCN(C(=O)C(O)CC(C)C)CC3)nc(-c3ccccc3C)nc2c1. The highest BCUT2D eigenvalue weighted by atomic mass is 16.3. The number of hydrogen-bond acceptors (Lipinski definition) is 5. The largest absolute Gasteiger partial charge is 0.383 e. The predicted octanol–water partition coefficient (Wildman–Crippen LogP) is 3.97. The zero-order chi connectivity index (χ0) is 22.8. The van der Waals surface area contributed by atoms with E-state index in [0.717, 1.165) is 39.2 Å². The molecule has 1 aliphatic rings. The zero-order valence-corrected chi connectivity index (χ0v) is 19.4.